The highest BCUT2D eigenvalue weighted by Crippen LogP contribution is 2.40. The fourth-order valence-electron chi connectivity index (χ4n) is 2.98. The number of aromatic nitrogens is 1. The summed E-state index contributed by atoms with van der Waals surface area (Å²) in [5.74, 6) is 0.429. The van der Waals surface area contributed by atoms with Crippen LogP contribution >= 0.6 is 11.6 Å². The second-order valence-corrected chi connectivity index (χ2v) is 9.31. The van der Waals surface area contributed by atoms with Gasteiger partial charge in [0.25, 0.3) is 0 Å². The number of hydrogen-bond donors (Lipinski definition) is 2. The first kappa shape index (κ1) is 19.7. The predicted octanol–water partition coefficient (Wildman–Crippen LogP) is 6.61. The van der Waals surface area contributed by atoms with Crippen molar-refractivity contribution in [2.24, 2.45) is 0 Å². The van der Waals surface area contributed by atoms with Gasteiger partial charge in [0.2, 0.25) is 0 Å². The minimum atomic E-state index is -0.107. The van der Waals surface area contributed by atoms with Gasteiger partial charge in [-0.05, 0) is 52.0 Å². The predicted molar refractivity (Wildman–Crippen MR) is 109 cm³/mol. The molecular formula is C22H30ClNO. The van der Waals surface area contributed by atoms with Crippen molar-refractivity contribution in [1.82, 2.24) is 4.98 Å². The largest absolute Gasteiger partial charge is 0.507 e. The van der Waals surface area contributed by atoms with Crippen molar-refractivity contribution in [3.63, 3.8) is 0 Å². The van der Waals surface area contributed by atoms with Crippen LogP contribution in [-0.2, 0) is 17.3 Å². The number of halogens is 1. The first-order valence-electron chi connectivity index (χ1n) is 8.78. The van der Waals surface area contributed by atoms with Crippen molar-refractivity contribution in [3.8, 4) is 5.75 Å². The summed E-state index contributed by atoms with van der Waals surface area (Å²) in [5, 5.41) is 11.5. The van der Waals surface area contributed by atoms with Crippen LogP contribution in [0.25, 0.3) is 5.57 Å². The maximum Gasteiger partial charge on any atom is 0.123 e. The van der Waals surface area contributed by atoms with Gasteiger partial charge in [0.1, 0.15) is 5.75 Å². The number of phenols is 1. The number of aromatic amines is 1. The zero-order chi connectivity index (χ0) is 19.0. The molecular weight excluding hydrogens is 330 g/mol. The molecule has 136 valence electrons. The summed E-state index contributed by atoms with van der Waals surface area (Å²) in [6.45, 7) is 17.0. The Bertz CT molecular complexity index is 737. The summed E-state index contributed by atoms with van der Waals surface area (Å²) in [7, 11) is 0. The molecule has 0 aliphatic rings. The molecule has 2 N–H and O–H groups in total. The highest BCUT2D eigenvalue weighted by Gasteiger charge is 2.26. The van der Waals surface area contributed by atoms with E-state index in [1.54, 1.807) is 6.20 Å². The van der Waals surface area contributed by atoms with Gasteiger partial charge in [-0.1, -0.05) is 71.9 Å². The Kier molecular flexibility index (Phi) is 5.44. The molecule has 0 radical (unpaired) electrons. The molecule has 2 rings (SSSR count). The zero-order valence-corrected chi connectivity index (χ0v) is 17.0. The van der Waals surface area contributed by atoms with Gasteiger partial charge in [-0.25, -0.2) is 0 Å². The second-order valence-electron chi connectivity index (χ2n) is 8.87. The van der Waals surface area contributed by atoms with Crippen molar-refractivity contribution >= 4 is 17.2 Å². The van der Waals surface area contributed by atoms with E-state index in [-0.39, 0.29) is 10.8 Å². The summed E-state index contributed by atoms with van der Waals surface area (Å²) < 4.78 is 0. The molecule has 1 aromatic heterocycles. The lowest BCUT2D eigenvalue weighted by Crippen LogP contribution is -2.18. The van der Waals surface area contributed by atoms with Crippen molar-refractivity contribution in [1.29, 1.82) is 0 Å². The molecule has 3 heteroatoms. The molecule has 2 aromatic rings. The average molecular weight is 360 g/mol. The van der Waals surface area contributed by atoms with E-state index in [9.17, 15) is 5.11 Å². The molecule has 25 heavy (non-hydrogen) atoms. The fourth-order valence-corrected chi connectivity index (χ4v) is 3.15. The minimum Gasteiger partial charge on any atom is -0.507 e. The number of hydrogen-bond acceptors (Lipinski definition) is 1. The molecule has 0 fully saturated rings. The molecule has 0 unspecified atom stereocenters. The number of aryl methyl sites for hydroxylation is 1. The Morgan fingerprint density at radius 2 is 1.56 bits per heavy atom. The van der Waals surface area contributed by atoms with Crippen LogP contribution in [0.3, 0.4) is 0 Å². The topological polar surface area (TPSA) is 36.0 Å². The van der Waals surface area contributed by atoms with E-state index < -0.39 is 0 Å². The van der Waals surface area contributed by atoms with E-state index in [1.165, 1.54) is 5.56 Å². The first-order valence-corrected chi connectivity index (χ1v) is 9.16. The van der Waals surface area contributed by atoms with Crippen LogP contribution in [0, 0.1) is 0 Å². The van der Waals surface area contributed by atoms with Crippen LogP contribution in [-0.4, -0.2) is 10.1 Å². The second kappa shape index (κ2) is 6.92. The normalized spacial score (nSPS) is 12.4. The molecule has 0 saturated carbocycles. The third kappa shape index (κ3) is 4.70. The maximum atomic E-state index is 10.8. The van der Waals surface area contributed by atoms with E-state index in [2.05, 4.69) is 65.2 Å². The molecule has 0 amide bonds. The van der Waals surface area contributed by atoms with E-state index in [4.69, 9.17) is 11.6 Å². The Morgan fingerprint density at radius 3 is 1.96 bits per heavy atom. The quantitative estimate of drug-likeness (QED) is 0.632. The standard InChI is InChI=1S/C22H30ClNO/c1-14(19-12-16(23)13-24-19)8-9-15-10-17(21(2,3)4)20(25)18(11-15)22(5,6)7/h10-13,24-25H,1,8-9H2,2-7H3. The van der Waals surface area contributed by atoms with Crippen LogP contribution < -0.4 is 0 Å². The van der Waals surface area contributed by atoms with Gasteiger partial charge < -0.3 is 10.1 Å². The highest BCUT2D eigenvalue weighted by atomic mass is 35.5. The number of aromatic hydroxyl groups is 1. The van der Waals surface area contributed by atoms with E-state index in [0.29, 0.717) is 10.8 Å². The third-order valence-corrected chi connectivity index (χ3v) is 4.75. The number of benzene rings is 1. The van der Waals surface area contributed by atoms with E-state index >= 15 is 0 Å². The average Bonchev–Trinajstić information content (AvgIpc) is 2.90. The van der Waals surface area contributed by atoms with Gasteiger partial charge >= 0.3 is 0 Å². The molecule has 2 nitrogen and oxygen atoms in total. The van der Waals surface area contributed by atoms with Crippen molar-refractivity contribution in [2.75, 3.05) is 0 Å². The lowest BCUT2D eigenvalue weighted by Gasteiger charge is -2.28. The SMILES string of the molecule is C=C(CCc1cc(C(C)(C)C)c(O)c(C(C)(C)C)c1)c1cc(Cl)c[nH]1. The number of nitrogens with one attached hydrogen (secondary N) is 1. The molecule has 1 aromatic carbocycles. The molecule has 0 saturated heterocycles. The smallest absolute Gasteiger partial charge is 0.123 e. The van der Waals surface area contributed by atoms with Crippen molar-refractivity contribution in [2.45, 2.75) is 65.2 Å². The lowest BCUT2D eigenvalue weighted by atomic mass is 9.78. The number of rotatable bonds is 4. The molecule has 0 spiro atoms. The fraction of sp³-hybridized carbons (Fsp3) is 0.455. The van der Waals surface area contributed by atoms with Gasteiger partial charge in [-0.3, -0.25) is 0 Å². The van der Waals surface area contributed by atoms with Gasteiger partial charge in [0, 0.05) is 11.9 Å². The van der Waals surface area contributed by atoms with E-state index in [1.807, 2.05) is 6.07 Å². The molecule has 0 bridgehead atoms. The van der Waals surface area contributed by atoms with Crippen LogP contribution in [0.1, 0.15) is 70.3 Å². The Labute approximate surface area is 156 Å². The summed E-state index contributed by atoms with van der Waals surface area (Å²) in [4.78, 5) is 3.15. The van der Waals surface area contributed by atoms with Gasteiger partial charge in [0.15, 0.2) is 0 Å². The molecule has 0 aliphatic carbocycles. The first-order chi connectivity index (χ1) is 11.4. The molecule has 0 atom stereocenters. The maximum absolute atomic E-state index is 10.8. The lowest BCUT2D eigenvalue weighted by molar-refractivity contribution is 0.422. The number of H-pyrrole nitrogens is 1. The van der Waals surface area contributed by atoms with Crippen LogP contribution in [0.15, 0.2) is 31.0 Å². The summed E-state index contributed by atoms with van der Waals surface area (Å²) in [5.41, 5.74) is 5.04. The van der Waals surface area contributed by atoms with E-state index in [0.717, 1.165) is 35.2 Å². The monoisotopic (exact) mass is 359 g/mol. The minimum absolute atomic E-state index is 0.107. The summed E-state index contributed by atoms with van der Waals surface area (Å²) in [6, 6.07) is 6.18. The Morgan fingerprint density at radius 1 is 1.04 bits per heavy atom. The number of phenolic OH excluding ortho intramolecular Hbond substituents is 1. The summed E-state index contributed by atoms with van der Waals surface area (Å²) in [6.07, 6.45) is 3.49. The third-order valence-electron chi connectivity index (χ3n) is 4.53. The Hall–Kier alpha value is -1.67. The molecule has 0 aliphatic heterocycles. The Balaban J connectivity index is 2.33. The zero-order valence-electron chi connectivity index (χ0n) is 16.3. The van der Waals surface area contributed by atoms with Crippen molar-refractivity contribution in [3.05, 3.63) is 58.4 Å². The van der Waals surface area contributed by atoms with Crippen molar-refractivity contribution < 1.29 is 5.11 Å². The van der Waals surface area contributed by atoms with Crippen LogP contribution in [0.4, 0.5) is 0 Å². The van der Waals surface area contributed by atoms with Gasteiger partial charge in [0.05, 0.1) is 5.02 Å². The summed E-state index contributed by atoms with van der Waals surface area (Å²) >= 11 is 5.98. The van der Waals surface area contributed by atoms with Crippen LogP contribution in [0.5, 0.6) is 5.75 Å². The van der Waals surface area contributed by atoms with Gasteiger partial charge in [-0.15, -0.1) is 0 Å². The highest BCUT2D eigenvalue weighted by molar-refractivity contribution is 6.30. The van der Waals surface area contributed by atoms with Crippen LogP contribution in [0.2, 0.25) is 5.02 Å². The van der Waals surface area contributed by atoms with Gasteiger partial charge in [-0.2, -0.15) is 0 Å². The molecule has 1 heterocycles. The number of allylic oxidation sites excluding steroid dienone is 1.